The minimum Gasteiger partial charge on any atom is -0.495 e. The molecule has 4 nitrogen and oxygen atoms in total. The van der Waals surface area contributed by atoms with Crippen LogP contribution in [0.2, 0.25) is 0 Å². The molecule has 94 valence electrons. The largest absolute Gasteiger partial charge is 0.495 e. The van der Waals surface area contributed by atoms with E-state index in [0.717, 1.165) is 17.0 Å². The van der Waals surface area contributed by atoms with Crippen LogP contribution in [0.25, 0.3) is 0 Å². The molecule has 0 radical (unpaired) electrons. The van der Waals surface area contributed by atoms with E-state index in [1.165, 1.54) is 5.56 Å². The third-order valence-electron chi connectivity index (χ3n) is 2.82. The van der Waals surface area contributed by atoms with Crippen molar-refractivity contribution in [2.75, 3.05) is 14.2 Å². The SMILES string of the molecule is CNC(c1cncc(OC)c1)c1cc(C)ccn1. The number of nitrogens with one attached hydrogen (secondary N) is 1. The summed E-state index contributed by atoms with van der Waals surface area (Å²) >= 11 is 0. The van der Waals surface area contributed by atoms with Gasteiger partial charge in [-0.1, -0.05) is 0 Å². The first-order valence-electron chi connectivity index (χ1n) is 5.83. The number of methoxy groups -OCH3 is 1. The molecule has 18 heavy (non-hydrogen) atoms. The van der Waals surface area contributed by atoms with Crippen LogP contribution in [0.4, 0.5) is 0 Å². The molecule has 0 aliphatic heterocycles. The molecule has 0 bridgehead atoms. The summed E-state index contributed by atoms with van der Waals surface area (Å²) in [5, 5.41) is 3.26. The van der Waals surface area contributed by atoms with Crippen LogP contribution in [-0.4, -0.2) is 24.1 Å². The van der Waals surface area contributed by atoms with Gasteiger partial charge in [0.15, 0.2) is 0 Å². The van der Waals surface area contributed by atoms with Crippen LogP contribution in [-0.2, 0) is 0 Å². The summed E-state index contributed by atoms with van der Waals surface area (Å²) in [6.45, 7) is 2.06. The highest BCUT2D eigenvalue weighted by atomic mass is 16.5. The maximum atomic E-state index is 5.20. The minimum absolute atomic E-state index is 0.0208. The van der Waals surface area contributed by atoms with E-state index < -0.39 is 0 Å². The van der Waals surface area contributed by atoms with Gasteiger partial charge in [0, 0.05) is 12.4 Å². The quantitative estimate of drug-likeness (QED) is 0.893. The number of nitrogens with zero attached hydrogens (tertiary/aromatic N) is 2. The van der Waals surface area contributed by atoms with Gasteiger partial charge < -0.3 is 10.1 Å². The Morgan fingerprint density at radius 2 is 2.11 bits per heavy atom. The zero-order valence-corrected chi connectivity index (χ0v) is 10.8. The molecule has 0 aliphatic rings. The van der Waals surface area contributed by atoms with Gasteiger partial charge in [0.1, 0.15) is 5.75 Å². The van der Waals surface area contributed by atoms with Gasteiger partial charge in [-0.2, -0.15) is 0 Å². The summed E-state index contributed by atoms with van der Waals surface area (Å²) in [6, 6.07) is 6.05. The van der Waals surface area contributed by atoms with Gasteiger partial charge >= 0.3 is 0 Å². The fourth-order valence-corrected chi connectivity index (χ4v) is 1.91. The van der Waals surface area contributed by atoms with E-state index >= 15 is 0 Å². The molecule has 0 fully saturated rings. The number of rotatable bonds is 4. The molecule has 4 heteroatoms. The summed E-state index contributed by atoms with van der Waals surface area (Å²) in [7, 11) is 3.55. The van der Waals surface area contributed by atoms with E-state index in [9.17, 15) is 0 Å². The van der Waals surface area contributed by atoms with Gasteiger partial charge in [0.2, 0.25) is 0 Å². The van der Waals surface area contributed by atoms with Crippen molar-refractivity contribution < 1.29 is 4.74 Å². The second-order valence-corrected chi connectivity index (χ2v) is 4.14. The van der Waals surface area contributed by atoms with Crippen molar-refractivity contribution in [2.24, 2.45) is 0 Å². The molecule has 0 saturated heterocycles. The number of aromatic nitrogens is 2. The fourth-order valence-electron chi connectivity index (χ4n) is 1.91. The highest BCUT2D eigenvalue weighted by molar-refractivity contribution is 5.32. The molecule has 0 spiro atoms. The molecule has 2 aromatic heterocycles. The number of pyridine rings is 2. The molecule has 2 rings (SSSR count). The molecular weight excluding hydrogens is 226 g/mol. The lowest BCUT2D eigenvalue weighted by Crippen LogP contribution is -2.19. The Bertz CT molecular complexity index is 528. The molecule has 2 aromatic rings. The van der Waals surface area contributed by atoms with Gasteiger partial charge in [0.05, 0.1) is 25.0 Å². The van der Waals surface area contributed by atoms with Crippen molar-refractivity contribution >= 4 is 0 Å². The molecule has 0 aromatic carbocycles. The second-order valence-electron chi connectivity index (χ2n) is 4.14. The van der Waals surface area contributed by atoms with E-state index in [0.29, 0.717) is 0 Å². The topological polar surface area (TPSA) is 47.0 Å². The lowest BCUT2D eigenvalue weighted by molar-refractivity contribution is 0.411. The van der Waals surface area contributed by atoms with Crippen molar-refractivity contribution in [3.63, 3.8) is 0 Å². The second kappa shape index (κ2) is 5.60. The average molecular weight is 243 g/mol. The standard InChI is InChI=1S/C14H17N3O/c1-10-4-5-17-13(6-10)14(15-2)11-7-12(18-3)9-16-8-11/h4-9,14-15H,1-3H3. The third kappa shape index (κ3) is 2.65. The smallest absolute Gasteiger partial charge is 0.137 e. The van der Waals surface area contributed by atoms with Crippen molar-refractivity contribution in [3.8, 4) is 5.75 Å². The lowest BCUT2D eigenvalue weighted by atomic mass is 10.0. The highest BCUT2D eigenvalue weighted by Gasteiger charge is 2.14. The monoisotopic (exact) mass is 243 g/mol. The van der Waals surface area contributed by atoms with E-state index in [-0.39, 0.29) is 6.04 Å². The number of hydrogen-bond donors (Lipinski definition) is 1. The Hall–Kier alpha value is -1.94. The zero-order valence-electron chi connectivity index (χ0n) is 10.8. The number of hydrogen-bond acceptors (Lipinski definition) is 4. The van der Waals surface area contributed by atoms with Crippen molar-refractivity contribution in [2.45, 2.75) is 13.0 Å². The minimum atomic E-state index is 0.0208. The molecule has 1 N–H and O–H groups in total. The Balaban J connectivity index is 2.38. The van der Waals surface area contributed by atoms with Crippen LogP contribution in [0.5, 0.6) is 5.75 Å². The van der Waals surface area contributed by atoms with Crippen LogP contribution in [0.1, 0.15) is 22.9 Å². The number of aryl methyl sites for hydroxylation is 1. The van der Waals surface area contributed by atoms with Crippen molar-refractivity contribution in [3.05, 3.63) is 53.6 Å². The van der Waals surface area contributed by atoms with Crippen molar-refractivity contribution in [1.29, 1.82) is 0 Å². The van der Waals surface area contributed by atoms with Gasteiger partial charge in [-0.25, -0.2) is 0 Å². The average Bonchev–Trinajstić information content (AvgIpc) is 2.40. The molecule has 2 heterocycles. The van der Waals surface area contributed by atoms with Crippen LogP contribution >= 0.6 is 0 Å². The van der Waals surface area contributed by atoms with Gasteiger partial charge in [-0.15, -0.1) is 0 Å². The zero-order chi connectivity index (χ0) is 13.0. The van der Waals surface area contributed by atoms with Gasteiger partial charge in [-0.05, 0) is 43.3 Å². The number of ether oxygens (including phenoxy) is 1. The molecule has 0 saturated carbocycles. The molecular formula is C14H17N3O. The van der Waals surface area contributed by atoms with Crippen LogP contribution in [0.15, 0.2) is 36.8 Å². The maximum Gasteiger partial charge on any atom is 0.137 e. The van der Waals surface area contributed by atoms with Crippen LogP contribution in [0.3, 0.4) is 0 Å². The van der Waals surface area contributed by atoms with E-state index in [2.05, 4.69) is 28.3 Å². The van der Waals surface area contributed by atoms with E-state index in [1.807, 2.05) is 31.6 Å². The predicted molar refractivity (Wildman–Crippen MR) is 70.7 cm³/mol. The predicted octanol–water partition coefficient (Wildman–Crippen LogP) is 2.10. The fraction of sp³-hybridized carbons (Fsp3) is 0.286. The summed E-state index contributed by atoms with van der Waals surface area (Å²) in [5.74, 6) is 0.750. The Morgan fingerprint density at radius 3 is 2.78 bits per heavy atom. The maximum absolute atomic E-state index is 5.20. The Morgan fingerprint density at radius 1 is 1.28 bits per heavy atom. The first-order chi connectivity index (χ1) is 8.74. The summed E-state index contributed by atoms with van der Waals surface area (Å²) < 4.78 is 5.20. The summed E-state index contributed by atoms with van der Waals surface area (Å²) in [6.07, 6.45) is 5.34. The van der Waals surface area contributed by atoms with Crippen molar-refractivity contribution in [1.82, 2.24) is 15.3 Å². The molecule has 0 amide bonds. The Kier molecular flexibility index (Phi) is 3.89. The highest BCUT2D eigenvalue weighted by Crippen LogP contribution is 2.22. The van der Waals surface area contributed by atoms with Gasteiger partial charge in [-0.3, -0.25) is 9.97 Å². The summed E-state index contributed by atoms with van der Waals surface area (Å²) in [5.41, 5.74) is 3.21. The van der Waals surface area contributed by atoms with E-state index in [4.69, 9.17) is 4.74 Å². The first kappa shape index (κ1) is 12.5. The Labute approximate surface area is 107 Å². The lowest BCUT2D eigenvalue weighted by Gasteiger charge is -2.16. The first-order valence-corrected chi connectivity index (χ1v) is 5.83. The van der Waals surface area contributed by atoms with Gasteiger partial charge in [0.25, 0.3) is 0 Å². The van der Waals surface area contributed by atoms with E-state index in [1.54, 1.807) is 13.3 Å². The molecule has 0 aliphatic carbocycles. The van der Waals surface area contributed by atoms with Crippen LogP contribution in [0, 0.1) is 6.92 Å². The third-order valence-corrected chi connectivity index (χ3v) is 2.82. The molecule has 1 atom stereocenters. The van der Waals surface area contributed by atoms with Crippen LogP contribution < -0.4 is 10.1 Å². The molecule has 1 unspecified atom stereocenters. The normalized spacial score (nSPS) is 12.2. The summed E-state index contributed by atoms with van der Waals surface area (Å²) in [4.78, 5) is 8.59.